The molecule has 0 bridgehead atoms. The van der Waals surface area contributed by atoms with E-state index >= 15 is 0 Å². The molecule has 0 unspecified atom stereocenters. The van der Waals surface area contributed by atoms with Gasteiger partial charge in [-0.25, -0.2) is 4.39 Å². The van der Waals surface area contributed by atoms with Crippen molar-refractivity contribution in [2.75, 3.05) is 7.11 Å². The summed E-state index contributed by atoms with van der Waals surface area (Å²) in [6.07, 6.45) is 0. The number of hydrogen-bond acceptors (Lipinski definition) is 3. The molecule has 2 N–H and O–H groups in total. The summed E-state index contributed by atoms with van der Waals surface area (Å²) in [6.45, 7) is 7.10. The van der Waals surface area contributed by atoms with Crippen molar-refractivity contribution in [1.82, 2.24) is 5.32 Å². The molecule has 0 aromatic heterocycles. The van der Waals surface area contributed by atoms with Gasteiger partial charge in [0.2, 0.25) is 0 Å². The predicted molar refractivity (Wildman–Crippen MR) is 75.3 cm³/mol. The van der Waals surface area contributed by atoms with E-state index in [9.17, 15) is 14.3 Å². The van der Waals surface area contributed by atoms with Crippen molar-refractivity contribution in [3.8, 4) is 5.75 Å². The van der Waals surface area contributed by atoms with Crippen LogP contribution in [0.1, 0.15) is 33.3 Å². The van der Waals surface area contributed by atoms with Crippen LogP contribution < -0.4 is 10.1 Å². The summed E-state index contributed by atoms with van der Waals surface area (Å²) in [5, 5.41) is 12.4. The molecular weight excluding hydrogens is 261 g/mol. The van der Waals surface area contributed by atoms with E-state index in [1.807, 2.05) is 0 Å². The van der Waals surface area contributed by atoms with Gasteiger partial charge in [0.05, 0.1) is 12.5 Å². The van der Waals surface area contributed by atoms with Gasteiger partial charge in [0, 0.05) is 17.6 Å². The number of aliphatic carboxylic acids is 1. The van der Waals surface area contributed by atoms with Gasteiger partial charge in [-0.1, -0.05) is 12.1 Å². The van der Waals surface area contributed by atoms with Gasteiger partial charge in [-0.3, -0.25) is 4.79 Å². The molecule has 0 fully saturated rings. The van der Waals surface area contributed by atoms with Crippen molar-refractivity contribution < 1.29 is 19.0 Å². The molecule has 0 saturated heterocycles. The molecular formula is C15H22FNO3. The summed E-state index contributed by atoms with van der Waals surface area (Å²) in [7, 11) is 1.41. The van der Waals surface area contributed by atoms with E-state index in [0.717, 1.165) is 0 Å². The second kappa shape index (κ2) is 5.79. The summed E-state index contributed by atoms with van der Waals surface area (Å²) >= 11 is 0. The van der Waals surface area contributed by atoms with Crippen molar-refractivity contribution in [1.29, 1.82) is 0 Å². The maximum atomic E-state index is 14.0. The normalized spacial score (nSPS) is 12.3. The lowest BCUT2D eigenvalue weighted by atomic mass is 9.74. The van der Waals surface area contributed by atoms with Crippen LogP contribution in [0.15, 0.2) is 18.2 Å². The van der Waals surface area contributed by atoms with Crippen LogP contribution in [0, 0.1) is 11.2 Å². The van der Waals surface area contributed by atoms with E-state index in [2.05, 4.69) is 5.32 Å². The predicted octanol–water partition coefficient (Wildman–Crippen LogP) is 2.81. The van der Waals surface area contributed by atoms with E-state index in [4.69, 9.17) is 4.74 Å². The van der Waals surface area contributed by atoms with E-state index in [1.54, 1.807) is 45.9 Å². The summed E-state index contributed by atoms with van der Waals surface area (Å²) in [5.74, 6) is -1.15. The summed E-state index contributed by atoms with van der Waals surface area (Å²) in [5.41, 5.74) is -1.24. The number of carbonyl (C=O) groups is 1. The molecule has 0 atom stereocenters. The minimum Gasteiger partial charge on any atom is -0.494 e. The highest BCUT2D eigenvalue weighted by molar-refractivity contribution is 5.75. The van der Waals surface area contributed by atoms with E-state index in [0.29, 0.717) is 5.56 Å². The zero-order chi connectivity index (χ0) is 15.6. The maximum absolute atomic E-state index is 14.0. The summed E-state index contributed by atoms with van der Waals surface area (Å²) in [4.78, 5) is 11.3. The Morgan fingerprint density at radius 1 is 1.35 bits per heavy atom. The molecule has 1 rings (SSSR count). The third-order valence-corrected chi connectivity index (χ3v) is 4.08. The highest BCUT2D eigenvalue weighted by Crippen LogP contribution is 2.31. The molecule has 0 saturated carbocycles. The van der Waals surface area contributed by atoms with Crippen LogP contribution in [0.4, 0.5) is 4.39 Å². The van der Waals surface area contributed by atoms with Gasteiger partial charge in [-0.15, -0.1) is 0 Å². The highest BCUT2D eigenvalue weighted by Gasteiger charge is 2.43. The molecule has 20 heavy (non-hydrogen) atoms. The smallest absolute Gasteiger partial charge is 0.310 e. The van der Waals surface area contributed by atoms with E-state index < -0.39 is 22.7 Å². The van der Waals surface area contributed by atoms with Gasteiger partial charge in [0.1, 0.15) is 0 Å². The van der Waals surface area contributed by atoms with Crippen LogP contribution in [0.3, 0.4) is 0 Å². The Bertz CT molecular complexity index is 498. The van der Waals surface area contributed by atoms with Crippen LogP contribution in [-0.4, -0.2) is 23.7 Å². The molecule has 1 aromatic carbocycles. The van der Waals surface area contributed by atoms with Crippen LogP contribution >= 0.6 is 0 Å². The number of halogens is 1. The maximum Gasteiger partial charge on any atom is 0.310 e. The molecule has 4 nitrogen and oxygen atoms in total. The SMILES string of the molecule is COc1cccc(CNC(C)(C)C(C)(C)C(=O)O)c1F. The third kappa shape index (κ3) is 3.10. The first-order valence-electron chi connectivity index (χ1n) is 6.43. The fraction of sp³-hybridized carbons (Fsp3) is 0.533. The van der Waals surface area contributed by atoms with E-state index in [1.165, 1.54) is 7.11 Å². The van der Waals surface area contributed by atoms with Crippen molar-refractivity contribution in [2.24, 2.45) is 5.41 Å². The molecule has 1 aromatic rings. The van der Waals surface area contributed by atoms with Crippen molar-refractivity contribution >= 4 is 5.97 Å². The minimum atomic E-state index is -0.984. The van der Waals surface area contributed by atoms with Crippen molar-refractivity contribution in [2.45, 2.75) is 39.8 Å². The quantitative estimate of drug-likeness (QED) is 0.843. The Morgan fingerprint density at radius 3 is 2.45 bits per heavy atom. The number of methoxy groups -OCH3 is 1. The minimum absolute atomic E-state index is 0.180. The standard InChI is InChI=1S/C15H22FNO3/c1-14(2,13(18)19)15(3,4)17-9-10-7-6-8-11(20-5)12(10)16/h6-8,17H,9H2,1-5H3,(H,18,19). The van der Waals surface area contributed by atoms with Gasteiger partial charge < -0.3 is 15.2 Å². The topological polar surface area (TPSA) is 58.6 Å². The van der Waals surface area contributed by atoms with Gasteiger partial charge in [0.25, 0.3) is 0 Å². The molecule has 0 aliphatic rings. The van der Waals surface area contributed by atoms with Crippen LogP contribution in [-0.2, 0) is 11.3 Å². The Hall–Kier alpha value is -1.62. The zero-order valence-electron chi connectivity index (χ0n) is 12.6. The summed E-state index contributed by atoms with van der Waals surface area (Å²) in [6, 6.07) is 4.90. The van der Waals surface area contributed by atoms with Gasteiger partial charge in [-0.05, 0) is 33.8 Å². The Labute approximate surface area is 119 Å². The first kappa shape index (κ1) is 16.4. The van der Waals surface area contributed by atoms with Crippen molar-refractivity contribution in [3.05, 3.63) is 29.6 Å². The number of rotatable bonds is 6. The summed E-state index contributed by atoms with van der Waals surface area (Å²) < 4.78 is 18.9. The average molecular weight is 283 g/mol. The number of benzene rings is 1. The molecule has 0 radical (unpaired) electrons. The van der Waals surface area contributed by atoms with Gasteiger partial charge in [0.15, 0.2) is 11.6 Å². The van der Waals surface area contributed by atoms with Gasteiger partial charge in [-0.2, -0.15) is 0 Å². The lowest BCUT2D eigenvalue weighted by Gasteiger charge is -2.39. The number of ether oxygens (including phenoxy) is 1. The first-order chi connectivity index (χ1) is 9.13. The fourth-order valence-corrected chi connectivity index (χ4v) is 1.65. The highest BCUT2D eigenvalue weighted by atomic mass is 19.1. The largest absolute Gasteiger partial charge is 0.494 e. The molecule has 0 heterocycles. The second-order valence-corrected chi connectivity index (χ2v) is 5.84. The molecule has 0 spiro atoms. The Kier molecular flexibility index (Phi) is 4.76. The Morgan fingerprint density at radius 2 is 1.95 bits per heavy atom. The number of hydrogen-bond donors (Lipinski definition) is 2. The zero-order valence-corrected chi connectivity index (χ0v) is 12.6. The van der Waals surface area contributed by atoms with Crippen LogP contribution in [0.25, 0.3) is 0 Å². The molecule has 5 heteroatoms. The van der Waals surface area contributed by atoms with Crippen LogP contribution in [0.5, 0.6) is 5.75 Å². The van der Waals surface area contributed by atoms with Crippen molar-refractivity contribution in [3.63, 3.8) is 0 Å². The monoisotopic (exact) mass is 283 g/mol. The second-order valence-electron chi connectivity index (χ2n) is 5.84. The molecule has 0 aliphatic heterocycles. The lowest BCUT2D eigenvalue weighted by Crippen LogP contribution is -2.54. The molecule has 0 amide bonds. The lowest BCUT2D eigenvalue weighted by molar-refractivity contribution is -0.151. The average Bonchev–Trinajstić information content (AvgIpc) is 2.37. The molecule has 112 valence electrons. The van der Waals surface area contributed by atoms with E-state index in [-0.39, 0.29) is 12.3 Å². The Balaban J connectivity index is 2.89. The first-order valence-corrected chi connectivity index (χ1v) is 6.43. The van der Waals surface area contributed by atoms with Gasteiger partial charge >= 0.3 is 5.97 Å². The number of carboxylic acid groups (broad SMARTS) is 1. The third-order valence-electron chi connectivity index (χ3n) is 4.08. The van der Waals surface area contributed by atoms with Crippen LogP contribution in [0.2, 0.25) is 0 Å². The fourth-order valence-electron chi connectivity index (χ4n) is 1.65. The number of nitrogens with one attached hydrogen (secondary N) is 1. The molecule has 0 aliphatic carbocycles. The number of carboxylic acids is 1.